The fourth-order valence-electron chi connectivity index (χ4n) is 3.56. The number of nitrogens with one attached hydrogen (secondary N) is 1. The molecule has 0 aliphatic carbocycles. The van der Waals surface area contributed by atoms with Crippen LogP contribution in [0.3, 0.4) is 0 Å². The van der Waals surface area contributed by atoms with E-state index in [0.717, 1.165) is 36.2 Å². The molecule has 4 rings (SSSR count). The Morgan fingerprint density at radius 3 is 2.62 bits per heavy atom. The first-order chi connectivity index (χ1) is 14.0. The van der Waals surface area contributed by atoms with Crippen molar-refractivity contribution in [3.63, 3.8) is 0 Å². The van der Waals surface area contributed by atoms with Crippen molar-refractivity contribution in [2.75, 3.05) is 32.8 Å². The van der Waals surface area contributed by atoms with Crippen LogP contribution in [0.4, 0.5) is 0 Å². The number of likely N-dealkylation sites (tertiary alicyclic amines) is 1. The number of hydrogen-bond donors (Lipinski definition) is 2. The first-order valence-electron chi connectivity index (χ1n) is 9.63. The monoisotopic (exact) mass is 412 g/mol. The summed E-state index contributed by atoms with van der Waals surface area (Å²) in [6.45, 7) is 3.45. The maximum Gasteiger partial charge on any atom is 0.240 e. The molecule has 6 nitrogen and oxygen atoms in total. The highest BCUT2D eigenvalue weighted by atomic mass is 32.2. The smallest absolute Gasteiger partial charge is 0.240 e. The quantitative estimate of drug-likeness (QED) is 0.595. The molecule has 3 aromatic carbocycles. The van der Waals surface area contributed by atoms with Gasteiger partial charge in [-0.15, -0.1) is 0 Å². The number of aromatic hydroxyl groups is 1. The van der Waals surface area contributed by atoms with Crippen molar-refractivity contribution >= 4 is 20.8 Å². The first-order valence-corrected chi connectivity index (χ1v) is 11.1. The largest absolute Gasteiger partial charge is 0.508 e. The SMILES string of the molecule is O=S(=O)(NCC1CN(CCOc2cccc3ccccc23)C1)c1cccc(O)c1. The van der Waals surface area contributed by atoms with Gasteiger partial charge in [-0.3, -0.25) is 4.90 Å². The fourth-order valence-corrected chi connectivity index (χ4v) is 4.71. The second-order valence-corrected chi connectivity index (χ2v) is 9.07. The second kappa shape index (κ2) is 8.41. The lowest BCUT2D eigenvalue weighted by Crippen LogP contribution is -2.52. The number of nitrogens with zero attached hydrogens (tertiary/aromatic N) is 1. The van der Waals surface area contributed by atoms with E-state index in [1.54, 1.807) is 0 Å². The molecule has 0 saturated carbocycles. The standard InChI is InChI=1S/C22H24N2O4S/c25-19-7-4-8-20(13-19)29(26,27)23-14-17-15-24(16-17)11-12-28-22-10-3-6-18-5-1-2-9-21(18)22/h1-10,13,17,23,25H,11-12,14-16H2. The van der Waals surface area contributed by atoms with Gasteiger partial charge in [0.2, 0.25) is 10.0 Å². The summed E-state index contributed by atoms with van der Waals surface area (Å²) in [4.78, 5) is 2.33. The zero-order valence-electron chi connectivity index (χ0n) is 16.0. The van der Waals surface area contributed by atoms with Crippen LogP contribution in [0.15, 0.2) is 71.6 Å². The van der Waals surface area contributed by atoms with Gasteiger partial charge in [-0.25, -0.2) is 13.1 Å². The highest BCUT2D eigenvalue weighted by Crippen LogP contribution is 2.25. The minimum Gasteiger partial charge on any atom is -0.508 e. The maximum absolute atomic E-state index is 12.3. The van der Waals surface area contributed by atoms with Gasteiger partial charge in [-0.1, -0.05) is 42.5 Å². The predicted octanol–water partition coefficient (Wildman–Crippen LogP) is 2.83. The van der Waals surface area contributed by atoms with Crippen LogP contribution in [0, 0.1) is 5.92 Å². The van der Waals surface area contributed by atoms with Gasteiger partial charge in [0.25, 0.3) is 0 Å². The molecule has 0 atom stereocenters. The Labute approximate surface area is 170 Å². The number of fused-ring (bicyclic) bond motifs is 1. The molecule has 1 fully saturated rings. The van der Waals surface area contributed by atoms with Crippen LogP contribution in [-0.2, 0) is 10.0 Å². The van der Waals surface area contributed by atoms with E-state index < -0.39 is 10.0 Å². The fraction of sp³-hybridized carbons (Fsp3) is 0.273. The van der Waals surface area contributed by atoms with Gasteiger partial charge >= 0.3 is 0 Å². The number of hydrogen-bond acceptors (Lipinski definition) is 5. The third-order valence-electron chi connectivity index (χ3n) is 5.14. The number of rotatable bonds is 8. The van der Waals surface area contributed by atoms with Crippen LogP contribution < -0.4 is 9.46 Å². The van der Waals surface area contributed by atoms with Gasteiger partial charge in [-0.2, -0.15) is 0 Å². The van der Waals surface area contributed by atoms with Crippen molar-refractivity contribution in [3.8, 4) is 11.5 Å². The summed E-state index contributed by atoms with van der Waals surface area (Å²) in [6.07, 6.45) is 0. The van der Waals surface area contributed by atoms with E-state index in [1.807, 2.05) is 24.3 Å². The molecule has 0 amide bonds. The molecule has 0 radical (unpaired) electrons. The molecule has 3 aromatic rings. The van der Waals surface area contributed by atoms with E-state index in [9.17, 15) is 13.5 Å². The lowest BCUT2D eigenvalue weighted by molar-refractivity contribution is 0.0857. The van der Waals surface area contributed by atoms with Crippen molar-refractivity contribution in [1.29, 1.82) is 0 Å². The van der Waals surface area contributed by atoms with Gasteiger partial charge in [0.05, 0.1) is 4.90 Å². The third-order valence-corrected chi connectivity index (χ3v) is 6.56. The number of ether oxygens (including phenoxy) is 1. The van der Waals surface area contributed by atoms with Crippen molar-refractivity contribution in [2.45, 2.75) is 4.90 Å². The first kappa shape index (κ1) is 19.7. The molecule has 0 unspecified atom stereocenters. The summed E-state index contributed by atoms with van der Waals surface area (Å²) in [7, 11) is -3.60. The van der Waals surface area contributed by atoms with Crippen LogP contribution >= 0.6 is 0 Å². The van der Waals surface area contributed by atoms with Crippen LogP contribution in [0.5, 0.6) is 11.5 Å². The third kappa shape index (κ3) is 4.70. The number of phenols is 1. The Bertz CT molecular complexity index is 1090. The molecule has 1 aliphatic rings. The van der Waals surface area contributed by atoms with Crippen molar-refractivity contribution in [2.24, 2.45) is 5.92 Å². The van der Waals surface area contributed by atoms with Crippen LogP contribution in [0.25, 0.3) is 10.8 Å². The highest BCUT2D eigenvalue weighted by molar-refractivity contribution is 7.89. The molecule has 152 valence electrons. The molecule has 2 N–H and O–H groups in total. The predicted molar refractivity (Wildman–Crippen MR) is 113 cm³/mol. The second-order valence-electron chi connectivity index (χ2n) is 7.30. The lowest BCUT2D eigenvalue weighted by Gasteiger charge is -2.39. The van der Waals surface area contributed by atoms with Gasteiger partial charge in [-0.05, 0) is 35.6 Å². The average Bonchev–Trinajstić information content (AvgIpc) is 2.69. The zero-order valence-corrected chi connectivity index (χ0v) is 16.8. The summed E-state index contributed by atoms with van der Waals surface area (Å²) < 4.78 is 33.2. The molecule has 29 heavy (non-hydrogen) atoms. The number of benzene rings is 3. The lowest BCUT2D eigenvalue weighted by atomic mass is 10.0. The molecule has 0 aromatic heterocycles. The summed E-state index contributed by atoms with van der Waals surface area (Å²) in [5.41, 5.74) is 0. The Kier molecular flexibility index (Phi) is 5.71. The molecule has 1 heterocycles. The van der Waals surface area contributed by atoms with Crippen LogP contribution in [0.2, 0.25) is 0 Å². The van der Waals surface area contributed by atoms with E-state index >= 15 is 0 Å². The minimum absolute atomic E-state index is 0.0612. The number of phenolic OH excluding ortho intramolecular Hbond substituents is 1. The maximum atomic E-state index is 12.3. The van der Waals surface area contributed by atoms with Gasteiger partial charge in [0.1, 0.15) is 18.1 Å². The Morgan fingerprint density at radius 2 is 1.79 bits per heavy atom. The molecular weight excluding hydrogens is 388 g/mol. The Balaban J connectivity index is 1.21. The van der Waals surface area contributed by atoms with Crippen LogP contribution in [0.1, 0.15) is 0 Å². The summed E-state index contributed by atoms with van der Waals surface area (Å²) >= 11 is 0. The van der Waals surface area contributed by atoms with E-state index in [0.29, 0.717) is 13.2 Å². The molecular formula is C22H24N2O4S. The highest BCUT2D eigenvalue weighted by Gasteiger charge is 2.28. The topological polar surface area (TPSA) is 78.9 Å². The molecule has 0 spiro atoms. The van der Waals surface area contributed by atoms with Crippen molar-refractivity contribution in [3.05, 3.63) is 66.7 Å². The summed E-state index contributed by atoms with van der Waals surface area (Å²) in [6, 6.07) is 19.9. The van der Waals surface area contributed by atoms with Crippen molar-refractivity contribution in [1.82, 2.24) is 9.62 Å². The summed E-state index contributed by atoms with van der Waals surface area (Å²) in [5.74, 6) is 1.10. The van der Waals surface area contributed by atoms with E-state index in [-0.39, 0.29) is 16.6 Å². The van der Waals surface area contributed by atoms with Gasteiger partial charge < -0.3 is 9.84 Å². The summed E-state index contributed by atoms with van der Waals surface area (Å²) in [5, 5.41) is 11.7. The van der Waals surface area contributed by atoms with E-state index in [1.165, 1.54) is 24.3 Å². The molecule has 1 saturated heterocycles. The van der Waals surface area contributed by atoms with E-state index in [4.69, 9.17) is 4.74 Å². The normalized spacial score (nSPS) is 15.3. The zero-order chi connectivity index (χ0) is 20.3. The molecule has 7 heteroatoms. The molecule has 0 bridgehead atoms. The van der Waals surface area contributed by atoms with Crippen LogP contribution in [-0.4, -0.2) is 51.2 Å². The Morgan fingerprint density at radius 1 is 1.03 bits per heavy atom. The molecule has 1 aliphatic heterocycles. The van der Waals surface area contributed by atoms with Gasteiger partial charge in [0, 0.05) is 31.6 Å². The minimum atomic E-state index is -3.60. The average molecular weight is 413 g/mol. The Hall–Kier alpha value is -2.61. The van der Waals surface area contributed by atoms with E-state index in [2.05, 4.69) is 27.8 Å². The number of sulfonamides is 1. The van der Waals surface area contributed by atoms with Crippen molar-refractivity contribution < 1.29 is 18.3 Å². The van der Waals surface area contributed by atoms with Gasteiger partial charge in [0.15, 0.2) is 0 Å².